The lowest BCUT2D eigenvalue weighted by Crippen LogP contribution is -2.48. The average Bonchev–Trinajstić information content (AvgIpc) is 2.90. The highest BCUT2D eigenvalue weighted by molar-refractivity contribution is 5.42. The topological polar surface area (TPSA) is 29.5 Å². The van der Waals surface area contributed by atoms with Gasteiger partial charge in [-0.25, -0.2) is 0 Å². The maximum Gasteiger partial charge on any atom is 0.421 e. The first-order chi connectivity index (χ1) is 9.30. The van der Waals surface area contributed by atoms with Crippen molar-refractivity contribution in [2.75, 3.05) is 7.11 Å². The maximum absolute atomic E-state index is 13.6. The van der Waals surface area contributed by atoms with Crippen molar-refractivity contribution in [3.63, 3.8) is 0 Å². The van der Waals surface area contributed by atoms with Gasteiger partial charge in [0.05, 0.1) is 7.11 Å². The minimum absolute atomic E-state index is 0.0855. The van der Waals surface area contributed by atoms with Gasteiger partial charge in [-0.2, -0.15) is 13.2 Å². The molecule has 0 saturated heterocycles. The van der Waals surface area contributed by atoms with Crippen LogP contribution in [0.3, 0.4) is 0 Å². The molecule has 112 valence electrons. The monoisotopic (exact) mass is 288 g/mol. The minimum atomic E-state index is -4.72. The Morgan fingerprint density at radius 1 is 1.20 bits per heavy atom. The molecule has 0 heterocycles. The molecular formula is C15H19F3O2. The Morgan fingerprint density at radius 2 is 1.80 bits per heavy atom. The van der Waals surface area contributed by atoms with Crippen LogP contribution in [0, 0.1) is 12.8 Å². The van der Waals surface area contributed by atoms with E-state index in [1.165, 1.54) is 19.2 Å². The first-order valence-corrected chi connectivity index (χ1v) is 6.75. The van der Waals surface area contributed by atoms with Crippen LogP contribution in [0.5, 0.6) is 5.75 Å². The van der Waals surface area contributed by atoms with E-state index in [-0.39, 0.29) is 11.3 Å². The number of benzene rings is 1. The van der Waals surface area contributed by atoms with E-state index in [0.29, 0.717) is 18.4 Å². The van der Waals surface area contributed by atoms with Crippen LogP contribution in [0.1, 0.15) is 36.8 Å². The summed E-state index contributed by atoms with van der Waals surface area (Å²) in [4.78, 5) is 0. The van der Waals surface area contributed by atoms with Gasteiger partial charge in [0, 0.05) is 11.5 Å². The number of ether oxygens (including phenoxy) is 1. The minimum Gasteiger partial charge on any atom is -0.496 e. The van der Waals surface area contributed by atoms with Crippen LogP contribution in [0.15, 0.2) is 18.2 Å². The van der Waals surface area contributed by atoms with Crippen molar-refractivity contribution in [3.8, 4) is 5.75 Å². The molecule has 0 radical (unpaired) electrons. The molecule has 0 bridgehead atoms. The van der Waals surface area contributed by atoms with E-state index in [1.54, 1.807) is 13.0 Å². The number of aryl methyl sites for hydroxylation is 1. The van der Waals surface area contributed by atoms with Crippen molar-refractivity contribution in [2.45, 2.75) is 44.4 Å². The SMILES string of the molecule is COc1ccc(C)cc1C(O)(C1CCCC1)C(F)(F)F. The summed E-state index contributed by atoms with van der Waals surface area (Å²) in [5, 5.41) is 10.6. The fourth-order valence-corrected chi connectivity index (χ4v) is 3.07. The van der Waals surface area contributed by atoms with Crippen LogP contribution < -0.4 is 4.74 Å². The molecule has 0 aliphatic heterocycles. The summed E-state index contributed by atoms with van der Waals surface area (Å²) in [7, 11) is 1.32. The van der Waals surface area contributed by atoms with Crippen molar-refractivity contribution >= 4 is 0 Å². The van der Waals surface area contributed by atoms with Crippen LogP contribution >= 0.6 is 0 Å². The molecule has 1 aliphatic carbocycles. The second-order valence-electron chi connectivity index (χ2n) is 5.45. The molecule has 1 atom stereocenters. The van der Waals surface area contributed by atoms with E-state index in [0.717, 1.165) is 12.8 Å². The third kappa shape index (κ3) is 2.39. The lowest BCUT2D eigenvalue weighted by Gasteiger charge is -2.37. The molecule has 1 aromatic rings. The van der Waals surface area contributed by atoms with Crippen LogP contribution in [0.25, 0.3) is 0 Å². The molecular weight excluding hydrogens is 269 g/mol. The smallest absolute Gasteiger partial charge is 0.421 e. The van der Waals surface area contributed by atoms with Gasteiger partial charge in [0.25, 0.3) is 0 Å². The predicted molar refractivity (Wildman–Crippen MR) is 69.6 cm³/mol. The van der Waals surface area contributed by atoms with Gasteiger partial charge in [-0.1, -0.05) is 24.5 Å². The molecule has 0 spiro atoms. The predicted octanol–water partition coefficient (Wildman–Crippen LogP) is 3.94. The van der Waals surface area contributed by atoms with Crippen molar-refractivity contribution in [3.05, 3.63) is 29.3 Å². The van der Waals surface area contributed by atoms with Crippen molar-refractivity contribution in [1.29, 1.82) is 0 Å². The Balaban J connectivity index is 2.60. The van der Waals surface area contributed by atoms with Crippen LogP contribution in [0.4, 0.5) is 13.2 Å². The molecule has 20 heavy (non-hydrogen) atoms. The van der Waals surface area contributed by atoms with Crippen molar-refractivity contribution < 1.29 is 23.0 Å². The molecule has 1 aromatic carbocycles. The highest BCUT2D eigenvalue weighted by Crippen LogP contribution is 2.52. The van der Waals surface area contributed by atoms with E-state index in [4.69, 9.17) is 4.74 Å². The fraction of sp³-hybridized carbons (Fsp3) is 0.600. The third-order valence-electron chi connectivity index (χ3n) is 4.14. The van der Waals surface area contributed by atoms with Crippen molar-refractivity contribution in [2.24, 2.45) is 5.92 Å². The van der Waals surface area contributed by atoms with Crippen molar-refractivity contribution in [1.82, 2.24) is 0 Å². The maximum atomic E-state index is 13.6. The lowest BCUT2D eigenvalue weighted by molar-refractivity contribution is -0.286. The number of aliphatic hydroxyl groups is 1. The Kier molecular flexibility index (Phi) is 4.00. The lowest BCUT2D eigenvalue weighted by atomic mass is 9.78. The summed E-state index contributed by atoms with van der Waals surface area (Å²) in [5.41, 5.74) is -2.33. The second-order valence-corrected chi connectivity index (χ2v) is 5.45. The molecule has 0 amide bonds. The average molecular weight is 288 g/mol. The van der Waals surface area contributed by atoms with Crippen LogP contribution in [-0.4, -0.2) is 18.4 Å². The summed E-state index contributed by atoms with van der Waals surface area (Å²) in [6.07, 6.45) is -2.52. The molecule has 1 unspecified atom stereocenters. The molecule has 1 aliphatic rings. The summed E-state index contributed by atoms with van der Waals surface area (Å²) >= 11 is 0. The quantitative estimate of drug-likeness (QED) is 0.912. The molecule has 2 nitrogen and oxygen atoms in total. The second kappa shape index (κ2) is 5.28. The van der Waals surface area contributed by atoms with Gasteiger partial charge in [0.1, 0.15) is 5.75 Å². The first kappa shape index (κ1) is 15.2. The van der Waals surface area contributed by atoms with Gasteiger partial charge >= 0.3 is 6.18 Å². The number of alkyl halides is 3. The van der Waals surface area contributed by atoms with Gasteiger partial charge in [-0.05, 0) is 31.9 Å². The van der Waals surface area contributed by atoms with E-state index < -0.39 is 17.7 Å². The Hall–Kier alpha value is -1.23. The number of hydrogen-bond donors (Lipinski definition) is 1. The van der Waals surface area contributed by atoms with E-state index in [9.17, 15) is 18.3 Å². The van der Waals surface area contributed by atoms with E-state index in [1.807, 2.05) is 0 Å². The number of rotatable bonds is 3. The highest BCUT2D eigenvalue weighted by Gasteiger charge is 2.60. The van der Waals surface area contributed by atoms with Gasteiger partial charge < -0.3 is 9.84 Å². The normalized spacial score (nSPS) is 19.9. The van der Waals surface area contributed by atoms with Gasteiger partial charge in [0.15, 0.2) is 5.60 Å². The van der Waals surface area contributed by atoms with Gasteiger partial charge in [-0.15, -0.1) is 0 Å². The van der Waals surface area contributed by atoms with E-state index in [2.05, 4.69) is 0 Å². The van der Waals surface area contributed by atoms with E-state index >= 15 is 0 Å². The molecule has 1 fully saturated rings. The number of hydrogen-bond acceptors (Lipinski definition) is 2. The Morgan fingerprint density at radius 3 is 2.30 bits per heavy atom. The zero-order valence-corrected chi connectivity index (χ0v) is 11.6. The Bertz CT molecular complexity index is 478. The molecule has 1 saturated carbocycles. The number of methoxy groups -OCH3 is 1. The van der Waals surface area contributed by atoms with Crippen LogP contribution in [-0.2, 0) is 5.60 Å². The molecule has 0 aromatic heterocycles. The molecule has 2 rings (SSSR count). The van der Waals surface area contributed by atoms with Gasteiger partial charge in [0.2, 0.25) is 0 Å². The Labute approximate surface area is 116 Å². The number of halogens is 3. The summed E-state index contributed by atoms with van der Waals surface area (Å²) in [6, 6.07) is 4.54. The summed E-state index contributed by atoms with van der Waals surface area (Å²) < 4.78 is 45.8. The fourth-order valence-electron chi connectivity index (χ4n) is 3.07. The van der Waals surface area contributed by atoms with Crippen LogP contribution in [0.2, 0.25) is 0 Å². The third-order valence-corrected chi connectivity index (χ3v) is 4.14. The largest absolute Gasteiger partial charge is 0.496 e. The zero-order chi connectivity index (χ0) is 15.0. The standard InChI is InChI=1S/C15H19F3O2/c1-10-7-8-13(20-2)12(9-10)14(19,15(16,17)18)11-5-3-4-6-11/h7-9,11,19H,3-6H2,1-2H3. The zero-order valence-electron chi connectivity index (χ0n) is 11.6. The molecule has 1 N–H and O–H groups in total. The molecule has 5 heteroatoms. The first-order valence-electron chi connectivity index (χ1n) is 6.75. The van der Waals surface area contributed by atoms with Gasteiger partial charge in [-0.3, -0.25) is 0 Å². The highest BCUT2D eigenvalue weighted by atomic mass is 19.4. The summed E-state index contributed by atoms with van der Waals surface area (Å²) in [5.74, 6) is -0.722. The summed E-state index contributed by atoms with van der Waals surface area (Å²) in [6.45, 7) is 1.70.